The smallest absolute Gasteiger partial charge is 0.406 e. The molecule has 0 amide bonds. The predicted molar refractivity (Wildman–Crippen MR) is 130 cm³/mol. The van der Waals surface area contributed by atoms with E-state index in [-0.39, 0.29) is 32.2 Å². The number of esters is 1. The Balaban J connectivity index is 2.07. The number of nitrogens with zero attached hydrogens (tertiary/aromatic N) is 3. The highest BCUT2D eigenvalue weighted by atomic mass is 79.9. The highest BCUT2D eigenvalue weighted by Crippen LogP contribution is 2.41. The average Bonchev–Trinajstić information content (AvgIpc) is 3.20. The number of alkyl halides is 3. The Hall–Kier alpha value is -3.90. The number of ether oxygens (including phenoxy) is 1. The van der Waals surface area contributed by atoms with Gasteiger partial charge in [0.2, 0.25) is 0 Å². The average molecular weight is 540 g/mol. The lowest BCUT2D eigenvalue weighted by molar-refractivity contribution is -0.139. The molecule has 0 saturated carbocycles. The molecule has 0 spiro atoms. The highest BCUT2D eigenvalue weighted by molar-refractivity contribution is 9.10. The molecule has 0 fully saturated rings. The fourth-order valence-electron chi connectivity index (χ4n) is 3.78. The lowest BCUT2D eigenvalue weighted by atomic mass is 10.0. The van der Waals surface area contributed by atoms with Gasteiger partial charge in [-0.05, 0) is 22.0 Å². The molecule has 0 aliphatic heterocycles. The van der Waals surface area contributed by atoms with Gasteiger partial charge in [-0.15, -0.1) is 0 Å². The van der Waals surface area contributed by atoms with Crippen molar-refractivity contribution in [1.82, 2.24) is 4.57 Å². The van der Waals surface area contributed by atoms with Crippen LogP contribution in [0.5, 0.6) is 0 Å². The van der Waals surface area contributed by atoms with E-state index in [0.29, 0.717) is 5.71 Å². The number of fused-ring (bicyclic) bond motifs is 1. The Labute approximate surface area is 207 Å². The molecule has 0 atom stereocenters. The second kappa shape index (κ2) is 9.76. The lowest BCUT2D eigenvalue weighted by Gasteiger charge is -2.14. The standard InChI is InChI=1S/C26H17BrF3N3O2/c1-35-25(34)19-12-20-21(18(13-31)14-33(20)15-26(28,29)30)22(27)24(19)32-23(16-8-4-2-5-9-16)17-10-6-3-7-11-17/h2-12,14H,15H2,1H3. The van der Waals surface area contributed by atoms with Gasteiger partial charge in [0, 0.05) is 22.7 Å². The third-order valence-electron chi connectivity index (χ3n) is 5.28. The Bertz CT molecular complexity index is 1430. The monoisotopic (exact) mass is 539 g/mol. The van der Waals surface area contributed by atoms with Crippen LogP contribution in [0, 0.1) is 11.3 Å². The lowest BCUT2D eigenvalue weighted by Crippen LogP contribution is -2.17. The zero-order chi connectivity index (χ0) is 25.2. The van der Waals surface area contributed by atoms with Gasteiger partial charge in [0.05, 0.1) is 39.6 Å². The van der Waals surface area contributed by atoms with Crippen molar-refractivity contribution in [2.45, 2.75) is 12.7 Å². The molecule has 0 N–H and O–H groups in total. The number of methoxy groups -OCH3 is 1. The van der Waals surface area contributed by atoms with Crippen molar-refractivity contribution in [3.8, 4) is 6.07 Å². The van der Waals surface area contributed by atoms with Gasteiger partial charge in [-0.3, -0.25) is 0 Å². The number of aromatic nitrogens is 1. The summed E-state index contributed by atoms with van der Waals surface area (Å²) in [7, 11) is 1.18. The van der Waals surface area contributed by atoms with Crippen LogP contribution in [0.15, 0.2) is 82.4 Å². The number of aliphatic imine (C=N–C) groups is 1. The zero-order valence-electron chi connectivity index (χ0n) is 18.3. The van der Waals surface area contributed by atoms with Crippen LogP contribution in [0.2, 0.25) is 0 Å². The first kappa shape index (κ1) is 24.2. The summed E-state index contributed by atoms with van der Waals surface area (Å²) in [5.41, 5.74) is 2.24. The van der Waals surface area contributed by atoms with Gasteiger partial charge in [-0.1, -0.05) is 60.7 Å². The van der Waals surface area contributed by atoms with Crippen molar-refractivity contribution in [1.29, 1.82) is 5.26 Å². The fraction of sp³-hybridized carbons (Fsp3) is 0.115. The number of carbonyl (C=O) groups is 1. The van der Waals surface area contributed by atoms with Crippen LogP contribution < -0.4 is 0 Å². The van der Waals surface area contributed by atoms with Gasteiger partial charge in [-0.2, -0.15) is 18.4 Å². The van der Waals surface area contributed by atoms with E-state index in [4.69, 9.17) is 9.73 Å². The van der Waals surface area contributed by atoms with Crippen LogP contribution >= 0.6 is 15.9 Å². The number of rotatable bonds is 5. The largest absolute Gasteiger partial charge is 0.465 e. The summed E-state index contributed by atoms with van der Waals surface area (Å²) in [6.07, 6.45) is -3.41. The summed E-state index contributed by atoms with van der Waals surface area (Å²) >= 11 is 3.43. The normalized spacial score (nSPS) is 11.2. The van der Waals surface area contributed by atoms with Crippen molar-refractivity contribution < 1.29 is 22.7 Å². The Morgan fingerprint density at radius 2 is 1.66 bits per heavy atom. The number of halogens is 4. The minimum atomic E-state index is -4.53. The maximum atomic E-state index is 13.2. The van der Waals surface area contributed by atoms with E-state index in [2.05, 4.69) is 15.9 Å². The van der Waals surface area contributed by atoms with E-state index < -0.39 is 18.7 Å². The minimum absolute atomic E-state index is 0.0185. The molecule has 1 aromatic heterocycles. The summed E-state index contributed by atoms with van der Waals surface area (Å²) < 4.78 is 45.7. The van der Waals surface area contributed by atoms with Crippen molar-refractivity contribution in [2.75, 3.05) is 7.11 Å². The number of hydrogen-bond donors (Lipinski definition) is 0. The molecular weight excluding hydrogens is 523 g/mol. The first-order chi connectivity index (χ1) is 16.7. The van der Waals surface area contributed by atoms with Crippen LogP contribution in [0.3, 0.4) is 0 Å². The van der Waals surface area contributed by atoms with Gasteiger partial charge in [0.25, 0.3) is 0 Å². The van der Waals surface area contributed by atoms with Gasteiger partial charge in [0.1, 0.15) is 12.6 Å². The Morgan fingerprint density at radius 1 is 1.09 bits per heavy atom. The van der Waals surface area contributed by atoms with Crippen molar-refractivity contribution in [3.05, 3.63) is 99.7 Å². The second-order valence-corrected chi connectivity index (χ2v) is 8.36. The maximum absolute atomic E-state index is 13.2. The highest BCUT2D eigenvalue weighted by Gasteiger charge is 2.31. The predicted octanol–water partition coefficient (Wildman–Crippen LogP) is 6.79. The maximum Gasteiger partial charge on any atom is 0.406 e. The summed E-state index contributed by atoms with van der Waals surface area (Å²) in [5, 5.41) is 9.86. The SMILES string of the molecule is COC(=O)c1cc2c(c(C#N)cn2CC(F)(F)F)c(Br)c1N=C(c1ccccc1)c1ccccc1. The molecule has 4 aromatic rings. The Morgan fingerprint density at radius 3 is 2.14 bits per heavy atom. The van der Waals surface area contributed by atoms with E-state index in [0.717, 1.165) is 21.9 Å². The second-order valence-electron chi connectivity index (χ2n) is 7.56. The van der Waals surface area contributed by atoms with Crippen LogP contribution in [0.4, 0.5) is 18.9 Å². The van der Waals surface area contributed by atoms with Crippen LogP contribution in [0.25, 0.3) is 10.9 Å². The van der Waals surface area contributed by atoms with E-state index in [1.807, 2.05) is 66.7 Å². The van der Waals surface area contributed by atoms with Gasteiger partial charge >= 0.3 is 12.1 Å². The summed E-state index contributed by atoms with van der Waals surface area (Å²) in [5.74, 6) is -0.773. The first-order valence-electron chi connectivity index (χ1n) is 10.3. The zero-order valence-corrected chi connectivity index (χ0v) is 19.9. The topological polar surface area (TPSA) is 67.4 Å². The Kier molecular flexibility index (Phi) is 6.76. The molecule has 0 radical (unpaired) electrons. The van der Waals surface area contributed by atoms with E-state index in [9.17, 15) is 23.2 Å². The third-order valence-corrected chi connectivity index (χ3v) is 6.05. The van der Waals surface area contributed by atoms with E-state index in [1.54, 1.807) is 0 Å². The molecule has 3 aromatic carbocycles. The molecule has 4 rings (SSSR count). The van der Waals surface area contributed by atoms with E-state index in [1.165, 1.54) is 13.2 Å². The molecule has 176 valence electrons. The summed E-state index contributed by atoms with van der Waals surface area (Å²) in [6, 6.07) is 21.8. The quantitative estimate of drug-likeness (QED) is 0.207. The van der Waals surface area contributed by atoms with Gasteiger partial charge in [0.15, 0.2) is 0 Å². The minimum Gasteiger partial charge on any atom is -0.465 e. The number of nitriles is 1. The molecular formula is C26H17BrF3N3O2. The summed E-state index contributed by atoms with van der Waals surface area (Å²) in [6.45, 7) is -1.32. The molecule has 0 aliphatic carbocycles. The first-order valence-corrected chi connectivity index (χ1v) is 11.1. The molecule has 1 heterocycles. The molecule has 0 aliphatic rings. The molecule has 0 unspecified atom stereocenters. The van der Waals surface area contributed by atoms with Crippen molar-refractivity contribution >= 4 is 44.2 Å². The fourth-order valence-corrected chi connectivity index (χ4v) is 4.50. The number of carbonyl (C=O) groups excluding carboxylic acids is 1. The summed E-state index contributed by atoms with van der Waals surface area (Å²) in [4.78, 5) is 17.6. The van der Waals surface area contributed by atoms with E-state index >= 15 is 0 Å². The van der Waals surface area contributed by atoms with Crippen LogP contribution in [-0.2, 0) is 11.3 Å². The van der Waals surface area contributed by atoms with Gasteiger partial charge < -0.3 is 9.30 Å². The molecule has 5 nitrogen and oxygen atoms in total. The number of hydrogen-bond acceptors (Lipinski definition) is 4. The molecule has 0 saturated heterocycles. The van der Waals surface area contributed by atoms with Crippen molar-refractivity contribution in [3.63, 3.8) is 0 Å². The van der Waals surface area contributed by atoms with Crippen LogP contribution in [0.1, 0.15) is 27.0 Å². The molecule has 35 heavy (non-hydrogen) atoms. The third kappa shape index (κ3) is 4.98. The van der Waals surface area contributed by atoms with Crippen molar-refractivity contribution in [2.24, 2.45) is 4.99 Å². The van der Waals surface area contributed by atoms with Crippen LogP contribution in [-0.4, -0.2) is 29.5 Å². The molecule has 0 bridgehead atoms. The van der Waals surface area contributed by atoms with Gasteiger partial charge in [-0.25, -0.2) is 9.79 Å². The number of benzene rings is 3. The molecule has 9 heteroatoms.